The van der Waals surface area contributed by atoms with Crippen LogP contribution in [0.1, 0.15) is 63.9 Å². The standard InChI is InChI=1S/C16H28N/c1-3-4-5-6-7-8-9-10-11-16-12-14-17(2)15-13-16/h12-15H,3-11H2,1-2H3/q+1. The number of aryl methyl sites for hydroxylation is 2. The molecule has 0 bridgehead atoms. The van der Waals surface area contributed by atoms with Crippen molar-refractivity contribution in [3.05, 3.63) is 30.1 Å². The molecule has 1 heterocycles. The minimum Gasteiger partial charge on any atom is -0.208 e. The molecule has 96 valence electrons. The van der Waals surface area contributed by atoms with Crippen molar-refractivity contribution < 1.29 is 4.57 Å². The van der Waals surface area contributed by atoms with E-state index in [0.29, 0.717) is 0 Å². The number of unbranched alkanes of at least 4 members (excludes halogenated alkanes) is 7. The molecule has 0 fully saturated rings. The molecule has 0 saturated carbocycles. The molecule has 0 saturated heterocycles. The second kappa shape index (κ2) is 9.21. The lowest BCUT2D eigenvalue weighted by atomic mass is 10.0. The van der Waals surface area contributed by atoms with Gasteiger partial charge in [-0.15, -0.1) is 0 Å². The van der Waals surface area contributed by atoms with E-state index in [-0.39, 0.29) is 0 Å². The van der Waals surface area contributed by atoms with E-state index in [4.69, 9.17) is 0 Å². The Morgan fingerprint density at radius 1 is 0.824 bits per heavy atom. The van der Waals surface area contributed by atoms with Gasteiger partial charge in [-0.1, -0.05) is 51.9 Å². The zero-order valence-corrected chi connectivity index (χ0v) is 11.6. The molecule has 1 aromatic heterocycles. The number of rotatable bonds is 9. The van der Waals surface area contributed by atoms with Crippen LogP contribution in [0.4, 0.5) is 0 Å². The number of nitrogens with zero attached hydrogens (tertiary/aromatic N) is 1. The van der Waals surface area contributed by atoms with E-state index in [9.17, 15) is 0 Å². The van der Waals surface area contributed by atoms with Crippen LogP contribution < -0.4 is 4.57 Å². The molecule has 17 heavy (non-hydrogen) atoms. The van der Waals surface area contributed by atoms with Gasteiger partial charge in [0.05, 0.1) is 0 Å². The Kier molecular flexibility index (Phi) is 7.70. The van der Waals surface area contributed by atoms with Gasteiger partial charge in [-0.25, -0.2) is 4.57 Å². The van der Waals surface area contributed by atoms with Crippen LogP contribution in [0.2, 0.25) is 0 Å². The summed E-state index contributed by atoms with van der Waals surface area (Å²) in [6.07, 6.45) is 16.8. The molecular weight excluding hydrogens is 206 g/mol. The van der Waals surface area contributed by atoms with E-state index < -0.39 is 0 Å². The van der Waals surface area contributed by atoms with Crippen molar-refractivity contribution in [3.63, 3.8) is 0 Å². The van der Waals surface area contributed by atoms with Gasteiger partial charge in [0.2, 0.25) is 0 Å². The van der Waals surface area contributed by atoms with E-state index >= 15 is 0 Å². The summed E-state index contributed by atoms with van der Waals surface area (Å²) in [5.41, 5.74) is 1.48. The number of hydrogen-bond acceptors (Lipinski definition) is 0. The van der Waals surface area contributed by atoms with Crippen molar-refractivity contribution in [2.75, 3.05) is 0 Å². The van der Waals surface area contributed by atoms with E-state index in [0.717, 1.165) is 0 Å². The number of hydrogen-bond donors (Lipinski definition) is 0. The fraction of sp³-hybridized carbons (Fsp3) is 0.688. The maximum atomic E-state index is 2.28. The summed E-state index contributed by atoms with van der Waals surface area (Å²) in [5.74, 6) is 0. The highest BCUT2D eigenvalue weighted by Gasteiger charge is 1.96. The van der Waals surface area contributed by atoms with Crippen molar-refractivity contribution in [2.24, 2.45) is 7.05 Å². The zero-order valence-electron chi connectivity index (χ0n) is 11.6. The maximum Gasteiger partial charge on any atom is 0.168 e. The molecule has 0 aliphatic rings. The first-order valence-electron chi connectivity index (χ1n) is 7.27. The van der Waals surface area contributed by atoms with Crippen molar-refractivity contribution in [3.8, 4) is 0 Å². The normalized spacial score (nSPS) is 10.7. The second-order valence-corrected chi connectivity index (χ2v) is 5.10. The van der Waals surface area contributed by atoms with Crippen molar-refractivity contribution >= 4 is 0 Å². The largest absolute Gasteiger partial charge is 0.208 e. The molecule has 0 atom stereocenters. The summed E-state index contributed by atoms with van der Waals surface area (Å²) >= 11 is 0. The summed E-state index contributed by atoms with van der Waals surface area (Å²) in [5, 5.41) is 0. The summed E-state index contributed by atoms with van der Waals surface area (Å²) < 4.78 is 2.09. The van der Waals surface area contributed by atoms with E-state index in [2.05, 4.69) is 43.1 Å². The zero-order chi connectivity index (χ0) is 12.3. The third kappa shape index (κ3) is 7.14. The first kappa shape index (κ1) is 14.2. The molecule has 0 aliphatic heterocycles. The Hall–Kier alpha value is -0.850. The molecule has 0 aliphatic carbocycles. The topological polar surface area (TPSA) is 3.88 Å². The minimum atomic E-state index is 1.25. The molecule has 0 spiro atoms. The van der Waals surface area contributed by atoms with Crippen LogP contribution in [0, 0.1) is 0 Å². The van der Waals surface area contributed by atoms with Crippen LogP contribution in [0.15, 0.2) is 24.5 Å². The van der Waals surface area contributed by atoms with Crippen LogP contribution in [0.5, 0.6) is 0 Å². The summed E-state index contributed by atoms with van der Waals surface area (Å²) in [6.45, 7) is 2.28. The lowest BCUT2D eigenvalue weighted by Gasteiger charge is -2.01. The molecule has 0 amide bonds. The molecule has 1 rings (SSSR count). The van der Waals surface area contributed by atoms with E-state index in [1.165, 1.54) is 63.4 Å². The predicted octanol–water partition coefficient (Wildman–Crippen LogP) is 4.19. The van der Waals surface area contributed by atoms with Gasteiger partial charge >= 0.3 is 0 Å². The lowest BCUT2D eigenvalue weighted by molar-refractivity contribution is -0.671. The fourth-order valence-corrected chi connectivity index (χ4v) is 2.16. The molecule has 0 radical (unpaired) electrons. The SMILES string of the molecule is CCCCCCCCCCc1cc[n+](C)cc1. The van der Waals surface area contributed by atoms with Crippen LogP contribution in [-0.4, -0.2) is 0 Å². The van der Waals surface area contributed by atoms with Gasteiger partial charge < -0.3 is 0 Å². The van der Waals surface area contributed by atoms with Crippen LogP contribution >= 0.6 is 0 Å². The number of aromatic nitrogens is 1. The molecule has 0 N–H and O–H groups in total. The molecule has 1 nitrogen and oxygen atoms in total. The first-order chi connectivity index (χ1) is 8.33. The van der Waals surface area contributed by atoms with Gasteiger partial charge in [-0.3, -0.25) is 0 Å². The molecule has 1 aromatic rings. The van der Waals surface area contributed by atoms with Crippen molar-refractivity contribution in [1.29, 1.82) is 0 Å². The maximum absolute atomic E-state index is 2.28. The third-order valence-corrected chi connectivity index (χ3v) is 3.37. The fourth-order valence-electron chi connectivity index (χ4n) is 2.16. The minimum absolute atomic E-state index is 1.25. The predicted molar refractivity (Wildman–Crippen MR) is 73.9 cm³/mol. The lowest BCUT2D eigenvalue weighted by Crippen LogP contribution is -2.25. The first-order valence-corrected chi connectivity index (χ1v) is 7.27. The van der Waals surface area contributed by atoms with Crippen molar-refractivity contribution in [1.82, 2.24) is 0 Å². The van der Waals surface area contributed by atoms with Gasteiger partial charge in [0.1, 0.15) is 7.05 Å². The van der Waals surface area contributed by atoms with Crippen LogP contribution in [0.3, 0.4) is 0 Å². The average Bonchev–Trinajstić information content (AvgIpc) is 2.35. The van der Waals surface area contributed by atoms with Crippen LogP contribution in [0.25, 0.3) is 0 Å². The molecule has 1 heteroatoms. The second-order valence-electron chi connectivity index (χ2n) is 5.10. The molecule has 0 unspecified atom stereocenters. The smallest absolute Gasteiger partial charge is 0.168 e. The van der Waals surface area contributed by atoms with E-state index in [1.54, 1.807) is 0 Å². The van der Waals surface area contributed by atoms with Crippen molar-refractivity contribution in [2.45, 2.75) is 64.7 Å². The van der Waals surface area contributed by atoms with Gasteiger partial charge in [0.25, 0.3) is 0 Å². The van der Waals surface area contributed by atoms with Gasteiger partial charge in [0, 0.05) is 12.1 Å². The monoisotopic (exact) mass is 234 g/mol. The highest BCUT2D eigenvalue weighted by molar-refractivity contribution is 5.06. The van der Waals surface area contributed by atoms with Gasteiger partial charge in [-0.05, 0) is 18.4 Å². The quantitative estimate of drug-likeness (QED) is 0.445. The van der Waals surface area contributed by atoms with Gasteiger partial charge in [-0.2, -0.15) is 0 Å². The molecule has 0 aromatic carbocycles. The Balaban J connectivity index is 1.95. The average molecular weight is 234 g/mol. The third-order valence-electron chi connectivity index (χ3n) is 3.37. The Morgan fingerprint density at radius 2 is 1.35 bits per heavy atom. The number of pyridine rings is 1. The Morgan fingerprint density at radius 3 is 1.94 bits per heavy atom. The summed E-state index contributed by atoms with van der Waals surface area (Å²) in [4.78, 5) is 0. The summed E-state index contributed by atoms with van der Waals surface area (Å²) in [7, 11) is 2.07. The highest BCUT2D eigenvalue weighted by atomic mass is 14.9. The Labute approximate surface area is 107 Å². The molecular formula is C16H28N+. The van der Waals surface area contributed by atoms with Crippen LogP contribution in [-0.2, 0) is 13.5 Å². The summed E-state index contributed by atoms with van der Waals surface area (Å²) in [6, 6.07) is 4.47. The highest BCUT2D eigenvalue weighted by Crippen LogP contribution is 2.10. The Bertz CT molecular complexity index is 276. The van der Waals surface area contributed by atoms with E-state index in [1.807, 2.05) is 0 Å². The van der Waals surface area contributed by atoms with Gasteiger partial charge in [0.15, 0.2) is 12.4 Å².